The van der Waals surface area contributed by atoms with E-state index < -0.39 is 0 Å². The van der Waals surface area contributed by atoms with Crippen molar-refractivity contribution in [2.45, 2.75) is 45.2 Å². The Morgan fingerprint density at radius 1 is 1.19 bits per heavy atom. The summed E-state index contributed by atoms with van der Waals surface area (Å²) in [6, 6.07) is 7.00. The second-order valence-corrected chi connectivity index (χ2v) is 6.91. The second kappa shape index (κ2) is 7.82. The van der Waals surface area contributed by atoms with Crippen LogP contribution in [0.5, 0.6) is 0 Å². The number of nitrogens with zero attached hydrogens (tertiary/aromatic N) is 1. The van der Waals surface area contributed by atoms with Crippen LogP contribution in [0.25, 0.3) is 0 Å². The van der Waals surface area contributed by atoms with Gasteiger partial charge in [0.15, 0.2) is 0 Å². The molecule has 1 aliphatic carbocycles. The van der Waals surface area contributed by atoms with Crippen molar-refractivity contribution in [2.75, 3.05) is 19.6 Å². The monoisotopic (exact) mass is 328 g/mol. The molecule has 0 atom stereocenters. The topological polar surface area (TPSA) is 15.3 Å². The van der Waals surface area contributed by atoms with E-state index in [0.717, 1.165) is 23.5 Å². The van der Waals surface area contributed by atoms with Crippen LogP contribution in [0.2, 0.25) is 5.02 Å². The lowest BCUT2D eigenvalue weighted by Gasteiger charge is -2.32. The summed E-state index contributed by atoms with van der Waals surface area (Å²) in [5.74, 6) is 0.991. The van der Waals surface area contributed by atoms with Gasteiger partial charge >= 0.3 is 0 Å². The first-order valence-corrected chi connectivity index (χ1v) is 8.29. The van der Waals surface area contributed by atoms with E-state index in [0.29, 0.717) is 0 Å². The molecule has 2 aliphatic rings. The summed E-state index contributed by atoms with van der Waals surface area (Å²) in [5, 5.41) is 4.58. The maximum atomic E-state index is 6.02. The van der Waals surface area contributed by atoms with E-state index in [4.69, 9.17) is 11.6 Å². The third-order valence-electron chi connectivity index (χ3n) is 4.68. The quantitative estimate of drug-likeness (QED) is 0.877. The largest absolute Gasteiger partial charge is 0.314 e. The van der Waals surface area contributed by atoms with Gasteiger partial charge in [-0.2, -0.15) is 0 Å². The van der Waals surface area contributed by atoms with Crippen molar-refractivity contribution in [2.24, 2.45) is 5.92 Å². The number of likely N-dealkylation sites (tertiary alicyclic amines) is 1. The van der Waals surface area contributed by atoms with Crippen molar-refractivity contribution in [1.29, 1.82) is 0 Å². The van der Waals surface area contributed by atoms with Gasteiger partial charge in [0.2, 0.25) is 0 Å². The summed E-state index contributed by atoms with van der Waals surface area (Å²) in [7, 11) is 0. The number of hydrogen-bond acceptors (Lipinski definition) is 2. The lowest BCUT2D eigenvalue weighted by Crippen LogP contribution is -2.42. The number of aryl methyl sites for hydroxylation is 1. The zero-order valence-electron chi connectivity index (χ0n) is 12.8. The van der Waals surface area contributed by atoms with Crippen LogP contribution >= 0.6 is 24.0 Å². The van der Waals surface area contributed by atoms with E-state index in [-0.39, 0.29) is 12.4 Å². The van der Waals surface area contributed by atoms with E-state index in [1.54, 1.807) is 0 Å². The maximum absolute atomic E-state index is 6.02. The minimum Gasteiger partial charge on any atom is -0.314 e. The van der Waals surface area contributed by atoms with E-state index in [1.165, 1.54) is 56.4 Å². The van der Waals surface area contributed by atoms with E-state index in [9.17, 15) is 0 Å². The van der Waals surface area contributed by atoms with Gasteiger partial charge in [-0.05, 0) is 81.4 Å². The Bertz CT molecular complexity index is 452. The van der Waals surface area contributed by atoms with Gasteiger partial charge in [-0.25, -0.2) is 0 Å². The summed E-state index contributed by atoms with van der Waals surface area (Å²) in [6.45, 7) is 6.90. The van der Waals surface area contributed by atoms with Gasteiger partial charge in [0.25, 0.3) is 0 Å². The van der Waals surface area contributed by atoms with Crippen LogP contribution in [0.3, 0.4) is 0 Å². The third kappa shape index (κ3) is 5.14. The number of piperidine rings is 1. The summed E-state index contributed by atoms with van der Waals surface area (Å²) >= 11 is 6.02. The van der Waals surface area contributed by atoms with Crippen molar-refractivity contribution >= 4 is 24.0 Å². The minimum atomic E-state index is 0. The van der Waals surface area contributed by atoms with E-state index >= 15 is 0 Å². The molecule has 1 N–H and O–H groups in total. The highest BCUT2D eigenvalue weighted by molar-refractivity contribution is 6.30. The fraction of sp³-hybridized carbons (Fsp3) is 0.647. The molecule has 1 aromatic rings. The Morgan fingerprint density at radius 2 is 1.90 bits per heavy atom. The highest BCUT2D eigenvalue weighted by Crippen LogP contribution is 2.28. The molecule has 0 amide bonds. The molecule has 1 saturated carbocycles. The average molecular weight is 329 g/mol. The number of nitrogens with one attached hydrogen (secondary N) is 1. The number of rotatable bonds is 5. The first-order chi connectivity index (χ1) is 9.70. The van der Waals surface area contributed by atoms with Gasteiger partial charge in [0.1, 0.15) is 0 Å². The fourth-order valence-electron chi connectivity index (χ4n) is 3.03. The minimum absolute atomic E-state index is 0. The molecule has 0 radical (unpaired) electrons. The van der Waals surface area contributed by atoms with Crippen LogP contribution in [0.1, 0.15) is 36.8 Å². The predicted octanol–water partition coefficient (Wildman–Crippen LogP) is 4.03. The van der Waals surface area contributed by atoms with Gasteiger partial charge in [-0.15, -0.1) is 12.4 Å². The number of hydrogen-bond donors (Lipinski definition) is 1. The van der Waals surface area contributed by atoms with Crippen molar-refractivity contribution in [1.82, 2.24) is 10.2 Å². The molecule has 1 aromatic carbocycles. The van der Waals surface area contributed by atoms with E-state index in [2.05, 4.69) is 29.3 Å². The molecule has 2 fully saturated rings. The molecule has 0 aromatic heterocycles. The van der Waals surface area contributed by atoms with E-state index in [1.807, 2.05) is 6.07 Å². The van der Waals surface area contributed by atoms with Crippen molar-refractivity contribution in [3.8, 4) is 0 Å². The fourth-order valence-corrected chi connectivity index (χ4v) is 3.25. The Labute approximate surface area is 139 Å². The van der Waals surface area contributed by atoms with Crippen LogP contribution in [0.15, 0.2) is 18.2 Å². The predicted molar refractivity (Wildman–Crippen MR) is 92.5 cm³/mol. The first kappa shape index (κ1) is 17.1. The summed E-state index contributed by atoms with van der Waals surface area (Å²) in [6.07, 6.45) is 5.47. The first-order valence-electron chi connectivity index (χ1n) is 7.91. The number of benzene rings is 1. The van der Waals surface area contributed by atoms with Gasteiger partial charge in [0, 0.05) is 17.6 Å². The van der Waals surface area contributed by atoms with Crippen LogP contribution in [-0.4, -0.2) is 30.6 Å². The summed E-state index contributed by atoms with van der Waals surface area (Å²) < 4.78 is 0. The molecule has 0 spiro atoms. The van der Waals surface area contributed by atoms with Gasteiger partial charge < -0.3 is 5.32 Å². The van der Waals surface area contributed by atoms with Crippen molar-refractivity contribution in [3.63, 3.8) is 0 Å². The molecule has 0 bridgehead atoms. The Hall–Kier alpha value is -0.280. The normalized spacial score (nSPS) is 20.3. The van der Waals surface area contributed by atoms with Crippen molar-refractivity contribution < 1.29 is 0 Å². The summed E-state index contributed by atoms with van der Waals surface area (Å²) in [4.78, 5) is 2.57. The number of halogens is 2. The Balaban J connectivity index is 0.00000161. The van der Waals surface area contributed by atoms with Gasteiger partial charge in [-0.1, -0.05) is 17.7 Å². The van der Waals surface area contributed by atoms with Gasteiger partial charge in [0.05, 0.1) is 0 Å². The SMILES string of the molecule is Cc1cc(Cl)ccc1CN1CCC(NCC2CC2)CC1.Cl. The molecule has 118 valence electrons. The van der Waals surface area contributed by atoms with Crippen LogP contribution in [-0.2, 0) is 6.54 Å². The Morgan fingerprint density at radius 3 is 2.52 bits per heavy atom. The smallest absolute Gasteiger partial charge is 0.0408 e. The molecular formula is C17H26Cl2N2. The zero-order valence-corrected chi connectivity index (χ0v) is 14.3. The van der Waals surface area contributed by atoms with Crippen LogP contribution in [0, 0.1) is 12.8 Å². The standard InChI is InChI=1S/C17H25ClN2.ClH/c1-13-10-16(18)5-4-15(13)12-20-8-6-17(7-9-20)19-11-14-2-3-14;/h4-5,10,14,17,19H,2-3,6-9,11-12H2,1H3;1H. The molecule has 21 heavy (non-hydrogen) atoms. The molecule has 2 nitrogen and oxygen atoms in total. The third-order valence-corrected chi connectivity index (χ3v) is 4.91. The molecule has 0 unspecified atom stereocenters. The van der Waals surface area contributed by atoms with Crippen LogP contribution < -0.4 is 5.32 Å². The highest BCUT2D eigenvalue weighted by Gasteiger charge is 2.24. The van der Waals surface area contributed by atoms with Gasteiger partial charge in [-0.3, -0.25) is 4.90 Å². The molecule has 1 heterocycles. The van der Waals surface area contributed by atoms with Crippen molar-refractivity contribution in [3.05, 3.63) is 34.3 Å². The summed E-state index contributed by atoms with van der Waals surface area (Å²) in [5.41, 5.74) is 2.73. The average Bonchev–Trinajstić information content (AvgIpc) is 3.25. The second-order valence-electron chi connectivity index (χ2n) is 6.47. The Kier molecular flexibility index (Phi) is 6.36. The van der Waals surface area contributed by atoms with Crippen LogP contribution in [0.4, 0.5) is 0 Å². The lowest BCUT2D eigenvalue weighted by atomic mass is 10.0. The molecule has 3 rings (SSSR count). The molecule has 4 heteroatoms. The zero-order chi connectivity index (χ0) is 13.9. The molecule has 1 aliphatic heterocycles. The lowest BCUT2D eigenvalue weighted by molar-refractivity contribution is 0.190. The molecular weight excluding hydrogens is 303 g/mol. The maximum Gasteiger partial charge on any atom is 0.0408 e. The molecule has 1 saturated heterocycles. The highest BCUT2D eigenvalue weighted by atomic mass is 35.5.